The van der Waals surface area contributed by atoms with Crippen molar-refractivity contribution in [2.45, 2.75) is 19.3 Å². The van der Waals surface area contributed by atoms with Crippen molar-refractivity contribution in [2.24, 2.45) is 0 Å². The highest BCUT2D eigenvalue weighted by molar-refractivity contribution is 6.31. The molecule has 0 unspecified atom stereocenters. The van der Waals surface area contributed by atoms with Gasteiger partial charge in [0.2, 0.25) is 0 Å². The van der Waals surface area contributed by atoms with Crippen molar-refractivity contribution >= 4 is 22.7 Å². The van der Waals surface area contributed by atoms with Crippen molar-refractivity contribution in [3.63, 3.8) is 0 Å². The van der Waals surface area contributed by atoms with Crippen LogP contribution in [0.1, 0.15) is 23.4 Å². The molecule has 0 aliphatic carbocycles. The van der Waals surface area contributed by atoms with Crippen molar-refractivity contribution in [1.82, 2.24) is 4.98 Å². The molecule has 0 aliphatic heterocycles. The second-order valence-electron chi connectivity index (χ2n) is 5.71. The van der Waals surface area contributed by atoms with Gasteiger partial charge in [0.25, 0.3) is 0 Å². The fourth-order valence-electron chi connectivity index (χ4n) is 2.81. The third-order valence-corrected chi connectivity index (χ3v) is 4.20. The van der Waals surface area contributed by atoms with Crippen molar-refractivity contribution < 1.29 is 19.0 Å². The summed E-state index contributed by atoms with van der Waals surface area (Å²) in [5.74, 6) is 1.96. The lowest BCUT2D eigenvalue weighted by molar-refractivity contribution is 0.288. The summed E-state index contributed by atoms with van der Waals surface area (Å²) < 4.78 is 16.6. The predicted octanol–water partition coefficient (Wildman–Crippen LogP) is 4.01. The number of aromatic nitrogens is 1. The minimum atomic E-state index is 0.126. The van der Waals surface area contributed by atoms with E-state index >= 15 is 0 Å². The summed E-state index contributed by atoms with van der Waals surface area (Å²) in [7, 11) is 3.21. The van der Waals surface area contributed by atoms with E-state index < -0.39 is 0 Å². The van der Waals surface area contributed by atoms with Gasteiger partial charge >= 0.3 is 0 Å². The van der Waals surface area contributed by atoms with Crippen molar-refractivity contribution in [1.29, 1.82) is 0 Å². The number of aliphatic hydroxyl groups is 1. The van der Waals surface area contributed by atoms with Gasteiger partial charge in [0.15, 0.2) is 23.0 Å². The SMILES string of the molecule is COc1ccc(Cc2nc3cc(Cl)cc(CCCO)c3o2)cc1OC. The van der Waals surface area contributed by atoms with E-state index in [1.807, 2.05) is 24.3 Å². The Morgan fingerprint density at radius 1 is 1.12 bits per heavy atom. The number of nitrogens with zero attached hydrogens (tertiary/aromatic N) is 1. The second kappa shape index (κ2) is 7.76. The maximum atomic E-state index is 9.06. The molecular formula is C19H20ClNO4. The highest BCUT2D eigenvalue weighted by Gasteiger charge is 2.13. The number of aryl methyl sites for hydroxylation is 1. The molecule has 3 rings (SSSR count). The van der Waals surface area contributed by atoms with Gasteiger partial charge in [-0.1, -0.05) is 17.7 Å². The molecule has 2 aromatic carbocycles. The van der Waals surface area contributed by atoms with E-state index in [2.05, 4.69) is 4.98 Å². The van der Waals surface area contributed by atoms with Crippen LogP contribution in [0.3, 0.4) is 0 Å². The number of ether oxygens (including phenoxy) is 2. The Kier molecular flexibility index (Phi) is 5.46. The van der Waals surface area contributed by atoms with Gasteiger partial charge < -0.3 is 19.0 Å². The van der Waals surface area contributed by atoms with E-state index in [-0.39, 0.29) is 6.61 Å². The van der Waals surface area contributed by atoms with Crippen molar-refractivity contribution in [3.05, 3.63) is 52.4 Å². The maximum Gasteiger partial charge on any atom is 0.199 e. The van der Waals surface area contributed by atoms with Crippen LogP contribution in [-0.2, 0) is 12.8 Å². The lowest BCUT2D eigenvalue weighted by atomic mass is 10.1. The summed E-state index contributed by atoms with van der Waals surface area (Å²) in [6, 6.07) is 9.38. The highest BCUT2D eigenvalue weighted by Crippen LogP contribution is 2.30. The molecule has 1 aromatic heterocycles. The van der Waals surface area contributed by atoms with E-state index in [1.165, 1.54) is 0 Å². The van der Waals surface area contributed by atoms with Crippen LogP contribution in [0.15, 0.2) is 34.7 Å². The van der Waals surface area contributed by atoms with Crippen LogP contribution in [0.5, 0.6) is 11.5 Å². The van der Waals surface area contributed by atoms with Crippen LogP contribution in [0.25, 0.3) is 11.1 Å². The molecule has 0 amide bonds. The third-order valence-electron chi connectivity index (χ3n) is 3.98. The molecule has 0 saturated carbocycles. The molecule has 0 fully saturated rings. The molecule has 3 aromatic rings. The molecule has 0 aliphatic rings. The Bertz CT molecular complexity index is 875. The Morgan fingerprint density at radius 3 is 2.64 bits per heavy atom. The standard InChI is InChI=1S/C19H20ClNO4/c1-23-16-6-5-12(8-17(16)24-2)9-18-21-15-11-14(20)10-13(4-3-7-22)19(15)25-18/h5-6,8,10-11,22H,3-4,7,9H2,1-2H3. The predicted molar refractivity (Wildman–Crippen MR) is 96.8 cm³/mol. The molecule has 0 radical (unpaired) electrons. The van der Waals surface area contributed by atoms with Gasteiger partial charge in [-0.05, 0) is 48.2 Å². The number of fused-ring (bicyclic) bond motifs is 1. The van der Waals surface area contributed by atoms with Gasteiger partial charge in [0.1, 0.15) is 5.52 Å². The molecule has 25 heavy (non-hydrogen) atoms. The number of benzene rings is 2. The topological polar surface area (TPSA) is 64.7 Å². The van der Waals surface area contributed by atoms with Crippen LogP contribution in [0.2, 0.25) is 5.02 Å². The number of methoxy groups -OCH3 is 2. The van der Waals surface area contributed by atoms with E-state index in [0.717, 1.165) is 22.2 Å². The first-order valence-corrected chi connectivity index (χ1v) is 8.42. The minimum absolute atomic E-state index is 0.126. The van der Waals surface area contributed by atoms with Gasteiger partial charge in [-0.2, -0.15) is 0 Å². The van der Waals surface area contributed by atoms with Gasteiger partial charge in [-0.25, -0.2) is 4.98 Å². The number of halogens is 1. The summed E-state index contributed by atoms with van der Waals surface area (Å²) >= 11 is 6.17. The molecule has 1 heterocycles. The smallest absolute Gasteiger partial charge is 0.199 e. The molecule has 0 spiro atoms. The average molecular weight is 362 g/mol. The molecule has 0 saturated heterocycles. The number of rotatable bonds is 7. The van der Waals surface area contributed by atoms with Crippen molar-refractivity contribution in [2.75, 3.05) is 20.8 Å². The first-order valence-electron chi connectivity index (χ1n) is 8.04. The fourth-order valence-corrected chi connectivity index (χ4v) is 3.04. The lowest BCUT2D eigenvalue weighted by Gasteiger charge is -2.08. The molecule has 1 N–H and O–H groups in total. The first kappa shape index (κ1) is 17.6. The van der Waals surface area contributed by atoms with Gasteiger partial charge in [0.05, 0.1) is 14.2 Å². The summed E-state index contributed by atoms with van der Waals surface area (Å²) in [5, 5.41) is 9.68. The second-order valence-corrected chi connectivity index (χ2v) is 6.15. The Morgan fingerprint density at radius 2 is 1.92 bits per heavy atom. The lowest BCUT2D eigenvalue weighted by Crippen LogP contribution is -1.93. The zero-order valence-electron chi connectivity index (χ0n) is 14.2. The molecule has 6 heteroatoms. The summed E-state index contributed by atoms with van der Waals surface area (Å²) in [6.07, 6.45) is 1.88. The van der Waals surface area contributed by atoms with Gasteiger partial charge in [-0.3, -0.25) is 0 Å². The summed E-state index contributed by atoms with van der Waals surface area (Å²) in [6.45, 7) is 0.126. The number of aliphatic hydroxyl groups excluding tert-OH is 1. The normalized spacial score (nSPS) is 11.0. The van der Waals surface area contributed by atoms with E-state index in [4.69, 9.17) is 30.6 Å². The van der Waals surface area contributed by atoms with Crippen LogP contribution < -0.4 is 9.47 Å². The average Bonchev–Trinajstić information content (AvgIpc) is 3.01. The largest absolute Gasteiger partial charge is 0.493 e. The van der Waals surface area contributed by atoms with Crippen LogP contribution in [-0.4, -0.2) is 30.9 Å². The Hall–Kier alpha value is -2.24. The Labute approximate surface area is 151 Å². The molecule has 0 bridgehead atoms. The van der Waals surface area contributed by atoms with Crippen LogP contribution >= 0.6 is 11.6 Å². The maximum absolute atomic E-state index is 9.06. The van der Waals surface area contributed by atoms with E-state index in [1.54, 1.807) is 20.3 Å². The number of hydrogen-bond donors (Lipinski definition) is 1. The first-order chi connectivity index (χ1) is 12.1. The quantitative estimate of drug-likeness (QED) is 0.688. The minimum Gasteiger partial charge on any atom is -0.493 e. The van der Waals surface area contributed by atoms with Gasteiger partial charge in [0, 0.05) is 18.1 Å². The van der Waals surface area contributed by atoms with Crippen molar-refractivity contribution in [3.8, 4) is 11.5 Å². The zero-order valence-corrected chi connectivity index (χ0v) is 15.0. The molecule has 132 valence electrons. The Balaban J connectivity index is 1.92. The van der Waals surface area contributed by atoms with E-state index in [9.17, 15) is 0 Å². The highest BCUT2D eigenvalue weighted by atomic mass is 35.5. The van der Waals surface area contributed by atoms with E-state index in [0.29, 0.717) is 41.7 Å². The third kappa shape index (κ3) is 3.89. The monoisotopic (exact) mass is 361 g/mol. The summed E-state index contributed by atoms with van der Waals surface area (Å²) in [4.78, 5) is 4.55. The zero-order chi connectivity index (χ0) is 17.8. The van der Waals surface area contributed by atoms with Gasteiger partial charge in [-0.15, -0.1) is 0 Å². The van der Waals surface area contributed by atoms with Crippen LogP contribution in [0.4, 0.5) is 0 Å². The number of oxazole rings is 1. The molecule has 0 atom stereocenters. The molecular weight excluding hydrogens is 342 g/mol. The molecule has 5 nitrogen and oxygen atoms in total. The number of hydrogen-bond acceptors (Lipinski definition) is 5. The summed E-state index contributed by atoms with van der Waals surface area (Å²) in [5.41, 5.74) is 3.43. The fraction of sp³-hybridized carbons (Fsp3) is 0.316. The van der Waals surface area contributed by atoms with Crippen LogP contribution in [0, 0.1) is 0 Å².